The fourth-order valence-electron chi connectivity index (χ4n) is 2.35. The third kappa shape index (κ3) is 4.47. The predicted octanol–water partition coefficient (Wildman–Crippen LogP) is 4.18. The van der Waals surface area contributed by atoms with E-state index in [1.165, 1.54) is 5.56 Å². The molecule has 0 amide bonds. The first-order valence-electron chi connectivity index (χ1n) is 7.14. The second-order valence-electron chi connectivity index (χ2n) is 5.53. The van der Waals surface area contributed by atoms with Gasteiger partial charge < -0.3 is 5.32 Å². The fourth-order valence-corrected chi connectivity index (χ4v) is 2.85. The molecule has 0 spiro atoms. The van der Waals surface area contributed by atoms with Gasteiger partial charge in [0, 0.05) is 35.4 Å². The Labute approximate surface area is 136 Å². The van der Waals surface area contributed by atoms with Crippen LogP contribution in [0.2, 0.25) is 10.0 Å². The van der Waals surface area contributed by atoms with Crippen LogP contribution < -0.4 is 5.32 Å². The van der Waals surface area contributed by atoms with E-state index in [4.69, 9.17) is 23.2 Å². The fraction of sp³-hybridized carbons (Fsp3) is 0.438. The van der Waals surface area contributed by atoms with E-state index in [9.17, 15) is 0 Å². The zero-order valence-electron chi connectivity index (χ0n) is 12.7. The van der Waals surface area contributed by atoms with Crippen molar-refractivity contribution in [1.82, 2.24) is 15.1 Å². The molecular weight excluding hydrogens is 305 g/mol. The number of nitrogens with one attached hydrogen (secondary N) is 1. The average Bonchev–Trinajstić information content (AvgIpc) is 2.78. The lowest BCUT2D eigenvalue weighted by molar-refractivity contribution is 0.674. The molecule has 0 aliphatic heterocycles. The zero-order chi connectivity index (χ0) is 15.4. The van der Waals surface area contributed by atoms with Crippen LogP contribution in [0.4, 0.5) is 0 Å². The van der Waals surface area contributed by atoms with Crippen LogP contribution in [-0.4, -0.2) is 16.3 Å². The Morgan fingerprint density at radius 3 is 2.67 bits per heavy atom. The van der Waals surface area contributed by atoms with E-state index in [1.54, 1.807) is 6.07 Å². The Bertz CT molecular complexity index is 606. The molecule has 0 saturated carbocycles. The first-order chi connectivity index (χ1) is 9.97. The Morgan fingerprint density at radius 2 is 2.00 bits per heavy atom. The quantitative estimate of drug-likeness (QED) is 0.807. The van der Waals surface area contributed by atoms with Gasteiger partial charge in [-0.05, 0) is 36.6 Å². The van der Waals surface area contributed by atoms with Gasteiger partial charge in [0.15, 0.2) is 0 Å². The van der Waals surface area contributed by atoms with Gasteiger partial charge in [-0.15, -0.1) is 0 Å². The van der Waals surface area contributed by atoms with E-state index in [1.807, 2.05) is 23.9 Å². The summed E-state index contributed by atoms with van der Waals surface area (Å²) in [5.74, 6) is 0.439. The van der Waals surface area contributed by atoms with E-state index in [-0.39, 0.29) is 0 Å². The van der Waals surface area contributed by atoms with Gasteiger partial charge in [-0.2, -0.15) is 5.10 Å². The first kappa shape index (κ1) is 16.3. The van der Waals surface area contributed by atoms with Crippen molar-refractivity contribution in [2.45, 2.75) is 32.7 Å². The molecule has 114 valence electrons. The summed E-state index contributed by atoms with van der Waals surface area (Å²) in [4.78, 5) is 0. The van der Waals surface area contributed by atoms with Crippen LogP contribution in [0.15, 0.2) is 24.4 Å². The summed E-state index contributed by atoms with van der Waals surface area (Å²) in [5, 5.41) is 9.37. The molecule has 21 heavy (non-hydrogen) atoms. The third-order valence-corrected chi connectivity index (χ3v) is 3.97. The van der Waals surface area contributed by atoms with E-state index < -0.39 is 0 Å². The normalized spacial score (nSPS) is 11.3. The molecule has 2 aromatic rings. The van der Waals surface area contributed by atoms with Crippen LogP contribution in [-0.2, 0) is 20.0 Å². The van der Waals surface area contributed by atoms with Crippen molar-refractivity contribution in [3.8, 4) is 0 Å². The van der Waals surface area contributed by atoms with Gasteiger partial charge in [-0.1, -0.05) is 43.1 Å². The summed E-state index contributed by atoms with van der Waals surface area (Å²) in [5.41, 5.74) is 3.54. The molecule has 0 radical (unpaired) electrons. The molecule has 0 aliphatic carbocycles. The number of nitrogens with zero attached hydrogens (tertiary/aromatic N) is 2. The number of rotatable bonds is 6. The lowest BCUT2D eigenvalue weighted by atomic mass is 10.1. The maximum Gasteiger partial charge on any atom is 0.0694 e. The highest BCUT2D eigenvalue weighted by Crippen LogP contribution is 2.21. The van der Waals surface area contributed by atoms with Crippen molar-refractivity contribution in [2.75, 3.05) is 6.54 Å². The van der Waals surface area contributed by atoms with Crippen molar-refractivity contribution >= 4 is 23.2 Å². The van der Waals surface area contributed by atoms with Gasteiger partial charge in [-0.25, -0.2) is 0 Å². The van der Waals surface area contributed by atoms with Gasteiger partial charge in [0.05, 0.1) is 5.69 Å². The highest BCUT2D eigenvalue weighted by Gasteiger charge is 2.10. The zero-order valence-corrected chi connectivity index (χ0v) is 14.2. The minimum absolute atomic E-state index is 0.439. The second kappa shape index (κ2) is 7.30. The predicted molar refractivity (Wildman–Crippen MR) is 89.2 cm³/mol. The largest absolute Gasteiger partial charge is 0.312 e. The molecule has 1 aromatic heterocycles. The van der Waals surface area contributed by atoms with E-state index in [0.29, 0.717) is 10.9 Å². The molecule has 1 aromatic carbocycles. The summed E-state index contributed by atoms with van der Waals surface area (Å²) in [7, 11) is 1.96. The molecule has 0 aliphatic rings. The lowest BCUT2D eigenvalue weighted by Crippen LogP contribution is -2.17. The van der Waals surface area contributed by atoms with E-state index in [0.717, 1.165) is 35.8 Å². The van der Waals surface area contributed by atoms with Crippen LogP contribution in [0.3, 0.4) is 0 Å². The highest BCUT2D eigenvalue weighted by atomic mass is 35.5. The van der Waals surface area contributed by atoms with Gasteiger partial charge >= 0.3 is 0 Å². The Hall–Kier alpha value is -1.03. The van der Waals surface area contributed by atoms with Crippen molar-refractivity contribution < 1.29 is 0 Å². The van der Waals surface area contributed by atoms with Crippen LogP contribution >= 0.6 is 23.2 Å². The Kier molecular flexibility index (Phi) is 5.68. The molecule has 1 heterocycles. The number of benzene rings is 1. The number of hydrogen-bond donors (Lipinski definition) is 1. The van der Waals surface area contributed by atoms with Crippen LogP contribution in [0.1, 0.15) is 36.6 Å². The van der Waals surface area contributed by atoms with Gasteiger partial charge in [0.2, 0.25) is 0 Å². The standard InChI is InChI=1S/C16H21Cl2N3/c1-11(2)16-13(10-21(3)20-16)9-19-7-6-12-4-5-14(17)8-15(12)18/h4-5,8,10-11,19H,6-7,9H2,1-3H3. The molecule has 0 atom stereocenters. The van der Waals surface area contributed by atoms with Crippen molar-refractivity contribution in [2.24, 2.45) is 7.05 Å². The molecule has 3 nitrogen and oxygen atoms in total. The maximum absolute atomic E-state index is 6.17. The van der Waals surface area contributed by atoms with Crippen LogP contribution in [0.5, 0.6) is 0 Å². The Balaban J connectivity index is 1.87. The molecular formula is C16H21Cl2N3. The first-order valence-corrected chi connectivity index (χ1v) is 7.90. The van der Waals surface area contributed by atoms with Crippen LogP contribution in [0.25, 0.3) is 0 Å². The number of aromatic nitrogens is 2. The van der Waals surface area contributed by atoms with Crippen molar-refractivity contribution in [3.63, 3.8) is 0 Å². The maximum atomic E-state index is 6.17. The SMILES string of the molecule is CC(C)c1nn(C)cc1CNCCc1ccc(Cl)cc1Cl. The Morgan fingerprint density at radius 1 is 1.24 bits per heavy atom. The summed E-state index contributed by atoms with van der Waals surface area (Å²) in [6.07, 6.45) is 2.96. The second-order valence-corrected chi connectivity index (χ2v) is 6.37. The minimum Gasteiger partial charge on any atom is -0.312 e. The van der Waals surface area contributed by atoms with Gasteiger partial charge in [0.1, 0.15) is 0 Å². The van der Waals surface area contributed by atoms with Crippen molar-refractivity contribution in [1.29, 1.82) is 0 Å². The molecule has 2 rings (SSSR count). The van der Waals surface area contributed by atoms with Crippen molar-refractivity contribution in [3.05, 3.63) is 51.3 Å². The van der Waals surface area contributed by atoms with Gasteiger partial charge in [0.25, 0.3) is 0 Å². The smallest absolute Gasteiger partial charge is 0.0694 e. The highest BCUT2D eigenvalue weighted by molar-refractivity contribution is 6.35. The molecule has 1 N–H and O–H groups in total. The van der Waals surface area contributed by atoms with E-state index >= 15 is 0 Å². The molecule has 0 unspecified atom stereocenters. The van der Waals surface area contributed by atoms with Crippen LogP contribution in [0, 0.1) is 0 Å². The lowest BCUT2D eigenvalue weighted by Gasteiger charge is -2.08. The monoisotopic (exact) mass is 325 g/mol. The van der Waals surface area contributed by atoms with E-state index in [2.05, 4.69) is 30.5 Å². The number of hydrogen-bond acceptors (Lipinski definition) is 2. The topological polar surface area (TPSA) is 29.9 Å². The average molecular weight is 326 g/mol. The number of aryl methyl sites for hydroxylation is 1. The summed E-state index contributed by atoms with van der Waals surface area (Å²) >= 11 is 12.1. The number of halogens is 2. The summed E-state index contributed by atoms with van der Waals surface area (Å²) in [6.45, 7) is 6.03. The third-order valence-electron chi connectivity index (χ3n) is 3.39. The molecule has 0 fully saturated rings. The minimum atomic E-state index is 0.439. The molecule has 5 heteroatoms. The molecule has 0 bridgehead atoms. The van der Waals surface area contributed by atoms with Gasteiger partial charge in [-0.3, -0.25) is 4.68 Å². The summed E-state index contributed by atoms with van der Waals surface area (Å²) < 4.78 is 1.88. The summed E-state index contributed by atoms with van der Waals surface area (Å²) in [6, 6.07) is 5.65. The molecule has 0 saturated heterocycles.